The molecule has 2 aliphatic rings. The molecule has 1 aliphatic carbocycles. The number of nitrogens with two attached hydrogens (primary N) is 1. The maximum atomic E-state index is 6.29. The maximum Gasteiger partial charge on any atom is 0.0491 e. The average molecular weight is 296 g/mol. The van der Waals surface area contributed by atoms with Crippen molar-refractivity contribution >= 4 is 0 Å². The molecule has 0 aromatic rings. The number of methoxy groups -OCH3 is 1. The fraction of sp³-hybridized carbons (Fsp3) is 1.00. The van der Waals surface area contributed by atoms with E-state index in [4.69, 9.17) is 10.5 Å². The van der Waals surface area contributed by atoms with Gasteiger partial charge in [-0.1, -0.05) is 26.7 Å². The van der Waals surface area contributed by atoms with Gasteiger partial charge in [0.1, 0.15) is 0 Å². The summed E-state index contributed by atoms with van der Waals surface area (Å²) in [5.74, 6) is 2.49. The lowest BCUT2D eigenvalue weighted by Gasteiger charge is -2.46. The largest absolute Gasteiger partial charge is 0.384 e. The van der Waals surface area contributed by atoms with Crippen molar-refractivity contribution in [1.29, 1.82) is 0 Å². The smallest absolute Gasteiger partial charge is 0.0491 e. The summed E-state index contributed by atoms with van der Waals surface area (Å²) in [4.78, 5) is 2.74. The van der Waals surface area contributed by atoms with Gasteiger partial charge in [-0.2, -0.15) is 0 Å². The molecule has 3 nitrogen and oxygen atoms in total. The fourth-order valence-corrected chi connectivity index (χ4v) is 4.54. The van der Waals surface area contributed by atoms with Crippen molar-refractivity contribution in [3.05, 3.63) is 0 Å². The second-order valence-electron chi connectivity index (χ2n) is 7.75. The molecular weight excluding hydrogens is 260 g/mol. The summed E-state index contributed by atoms with van der Waals surface area (Å²) in [6, 6.07) is 0. The van der Waals surface area contributed by atoms with Crippen LogP contribution in [-0.2, 0) is 4.74 Å². The second-order valence-corrected chi connectivity index (χ2v) is 7.75. The van der Waals surface area contributed by atoms with Gasteiger partial charge in [-0.05, 0) is 62.9 Å². The van der Waals surface area contributed by atoms with Crippen molar-refractivity contribution < 1.29 is 4.74 Å². The Morgan fingerprint density at radius 1 is 1.14 bits per heavy atom. The number of rotatable bonds is 5. The number of hydrogen-bond acceptors (Lipinski definition) is 3. The zero-order chi connectivity index (χ0) is 15.3. The first-order valence-corrected chi connectivity index (χ1v) is 9.05. The predicted octanol–water partition coefficient (Wildman–Crippen LogP) is 3.28. The Kier molecular flexibility index (Phi) is 6.51. The van der Waals surface area contributed by atoms with E-state index in [0.29, 0.717) is 5.54 Å². The van der Waals surface area contributed by atoms with Gasteiger partial charge in [-0.3, -0.25) is 4.90 Å². The van der Waals surface area contributed by atoms with Crippen molar-refractivity contribution in [2.75, 3.05) is 33.4 Å². The van der Waals surface area contributed by atoms with E-state index in [1.54, 1.807) is 0 Å². The highest BCUT2D eigenvalue weighted by Gasteiger charge is 2.39. The van der Waals surface area contributed by atoms with E-state index < -0.39 is 0 Å². The standard InChI is InChI=1S/C18H36N2O/c1-15(2)17-5-4-9-18(14-19,10-6-17)20-11-7-16(8-12-20)13-21-3/h15-17H,4-14,19H2,1-3H3. The minimum Gasteiger partial charge on any atom is -0.384 e. The third-order valence-corrected chi connectivity index (χ3v) is 6.21. The molecule has 2 N–H and O–H groups in total. The minimum absolute atomic E-state index is 0.293. The molecule has 0 radical (unpaired) electrons. The molecule has 2 unspecified atom stereocenters. The molecule has 0 amide bonds. The molecule has 2 rings (SSSR count). The Morgan fingerprint density at radius 2 is 1.86 bits per heavy atom. The van der Waals surface area contributed by atoms with Crippen LogP contribution >= 0.6 is 0 Å². The van der Waals surface area contributed by atoms with Crippen molar-refractivity contribution in [2.24, 2.45) is 23.5 Å². The normalized spacial score (nSPS) is 33.3. The van der Waals surface area contributed by atoms with Crippen molar-refractivity contribution in [2.45, 2.75) is 64.3 Å². The number of likely N-dealkylation sites (tertiary alicyclic amines) is 1. The van der Waals surface area contributed by atoms with Crippen LogP contribution < -0.4 is 5.73 Å². The summed E-state index contributed by atoms with van der Waals surface area (Å²) in [6.07, 6.45) is 9.31. The van der Waals surface area contributed by atoms with E-state index in [9.17, 15) is 0 Å². The number of nitrogens with zero attached hydrogens (tertiary/aromatic N) is 1. The Labute approximate surface area is 131 Å². The van der Waals surface area contributed by atoms with Gasteiger partial charge in [0.05, 0.1) is 0 Å². The van der Waals surface area contributed by atoms with Crippen LogP contribution in [0.2, 0.25) is 0 Å². The van der Waals surface area contributed by atoms with Crippen molar-refractivity contribution in [3.8, 4) is 0 Å². The summed E-state index contributed by atoms with van der Waals surface area (Å²) in [7, 11) is 1.82. The van der Waals surface area contributed by atoms with Crippen LogP contribution in [0.1, 0.15) is 58.8 Å². The molecule has 2 fully saturated rings. The van der Waals surface area contributed by atoms with E-state index in [-0.39, 0.29) is 0 Å². The summed E-state index contributed by atoms with van der Waals surface area (Å²) in [6.45, 7) is 8.98. The highest BCUT2D eigenvalue weighted by atomic mass is 16.5. The molecule has 3 heteroatoms. The molecule has 1 saturated carbocycles. The topological polar surface area (TPSA) is 38.5 Å². The van der Waals surface area contributed by atoms with Crippen LogP contribution in [0.25, 0.3) is 0 Å². The summed E-state index contributed by atoms with van der Waals surface area (Å²) >= 11 is 0. The number of hydrogen-bond donors (Lipinski definition) is 1. The van der Waals surface area contributed by atoms with Crippen LogP contribution in [0.15, 0.2) is 0 Å². The van der Waals surface area contributed by atoms with E-state index in [0.717, 1.165) is 30.9 Å². The molecule has 1 aliphatic heterocycles. The van der Waals surface area contributed by atoms with E-state index in [1.165, 1.54) is 58.0 Å². The van der Waals surface area contributed by atoms with Crippen LogP contribution in [0.3, 0.4) is 0 Å². The highest BCUT2D eigenvalue weighted by Crippen LogP contribution is 2.38. The number of piperidine rings is 1. The molecule has 124 valence electrons. The zero-order valence-electron chi connectivity index (χ0n) is 14.4. The third kappa shape index (κ3) is 4.20. The quantitative estimate of drug-likeness (QED) is 0.791. The Morgan fingerprint density at radius 3 is 2.43 bits per heavy atom. The summed E-state index contributed by atoms with van der Waals surface area (Å²) in [5, 5.41) is 0. The van der Waals surface area contributed by atoms with Crippen molar-refractivity contribution in [1.82, 2.24) is 4.90 Å². The minimum atomic E-state index is 0.293. The first-order chi connectivity index (χ1) is 10.1. The molecule has 1 saturated heterocycles. The van der Waals surface area contributed by atoms with Gasteiger partial charge in [0, 0.05) is 25.8 Å². The maximum absolute atomic E-state index is 6.29. The molecule has 21 heavy (non-hydrogen) atoms. The van der Waals surface area contributed by atoms with Crippen LogP contribution in [0.4, 0.5) is 0 Å². The third-order valence-electron chi connectivity index (χ3n) is 6.21. The first-order valence-electron chi connectivity index (χ1n) is 9.05. The van der Waals surface area contributed by atoms with E-state index in [2.05, 4.69) is 18.7 Å². The van der Waals surface area contributed by atoms with Gasteiger partial charge >= 0.3 is 0 Å². The van der Waals surface area contributed by atoms with E-state index >= 15 is 0 Å². The highest BCUT2D eigenvalue weighted by molar-refractivity contribution is 4.96. The van der Waals surface area contributed by atoms with Crippen LogP contribution in [0, 0.1) is 17.8 Å². The van der Waals surface area contributed by atoms with Gasteiger partial charge in [0.2, 0.25) is 0 Å². The molecule has 0 bridgehead atoms. The Balaban J connectivity index is 1.95. The summed E-state index contributed by atoms with van der Waals surface area (Å²) < 4.78 is 5.33. The molecule has 2 atom stereocenters. The van der Waals surface area contributed by atoms with Gasteiger partial charge in [-0.15, -0.1) is 0 Å². The average Bonchev–Trinajstić information content (AvgIpc) is 2.72. The molecular formula is C18H36N2O. The SMILES string of the molecule is COCC1CCN(C2(CN)CCCC(C(C)C)CC2)CC1. The molecule has 0 aromatic heterocycles. The molecule has 1 heterocycles. The van der Waals surface area contributed by atoms with Gasteiger partial charge in [0.15, 0.2) is 0 Å². The van der Waals surface area contributed by atoms with E-state index in [1.807, 2.05) is 7.11 Å². The van der Waals surface area contributed by atoms with Gasteiger partial charge in [-0.25, -0.2) is 0 Å². The fourth-order valence-electron chi connectivity index (χ4n) is 4.54. The summed E-state index contributed by atoms with van der Waals surface area (Å²) in [5.41, 5.74) is 6.58. The lowest BCUT2D eigenvalue weighted by Crippen LogP contribution is -2.56. The van der Waals surface area contributed by atoms with Crippen LogP contribution in [0.5, 0.6) is 0 Å². The lowest BCUT2D eigenvalue weighted by atomic mass is 9.83. The predicted molar refractivity (Wildman–Crippen MR) is 89.4 cm³/mol. The second kappa shape index (κ2) is 7.94. The van der Waals surface area contributed by atoms with Gasteiger partial charge < -0.3 is 10.5 Å². The first kappa shape index (κ1) is 17.2. The monoisotopic (exact) mass is 296 g/mol. The Bertz CT molecular complexity index is 300. The lowest BCUT2D eigenvalue weighted by molar-refractivity contribution is 0.0240. The molecule has 0 spiro atoms. The Hall–Kier alpha value is -0.120. The molecule has 0 aromatic carbocycles. The number of ether oxygens (including phenoxy) is 1. The van der Waals surface area contributed by atoms with Crippen LogP contribution in [-0.4, -0.2) is 43.8 Å². The zero-order valence-corrected chi connectivity index (χ0v) is 14.4. The van der Waals surface area contributed by atoms with Crippen molar-refractivity contribution in [3.63, 3.8) is 0 Å². The van der Waals surface area contributed by atoms with Gasteiger partial charge in [0.25, 0.3) is 0 Å².